The van der Waals surface area contributed by atoms with E-state index in [1.807, 2.05) is 18.2 Å². The predicted molar refractivity (Wildman–Crippen MR) is 193 cm³/mol. The molecule has 0 N–H and O–H groups in total. The van der Waals surface area contributed by atoms with Crippen LogP contribution in [0.15, 0.2) is 170 Å². The summed E-state index contributed by atoms with van der Waals surface area (Å²) in [6.07, 6.45) is 9.19. The lowest BCUT2D eigenvalue weighted by molar-refractivity contribution is 0.374. The minimum absolute atomic E-state index is 0.229. The van der Waals surface area contributed by atoms with Gasteiger partial charge in [0.15, 0.2) is 5.82 Å². The van der Waals surface area contributed by atoms with Crippen molar-refractivity contribution in [3.63, 3.8) is 0 Å². The third kappa shape index (κ3) is 3.88. The monoisotopic (exact) mass is 614 g/mol. The summed E-state index contributed by atoms with van der Waals surface area (Å²) < 4.78 is 6.68. The van der Waals surface area contributed by atoms with Gasteiger partial charge < -0.3 is 4.74 Å². The molecule has 0 saturated carbocycles. The van der Waals surface area contributed by atoms with Crippen molar-refractivity contribution in [2.75, 3.05) is 0 Å². The highest BCUT2D eigenvalue weighted by Crippen LogP contribution is 2.64. The van der Waals surface area contributed by atoms with Crippen LogP contribution in [0.4, 0.5) is 0 Å². The van der Waals surface area contributed by atoms with Crippen LogP contribution in [0.5, 0.6) is 11.5 Å². The third-order valence-corrected chi connectivity index (χ3v) is 10.4. The zero-order valence-corrected chi connectivity index (χ0v) is 26.1. The van der Waals surface area contributed by atoms with Crippen molar-refractivity contribution >= 4 is 10.9 Å². The van der Waals surface area contributed by atoms with Crippen LogP contribution in [0.3, 0.4) is 0 Å². The largest absolute Gasteiger partial charge is 0.457 e. The van der Waals surface area contributed by atoms with Gasteiger partial charge in [-0.3, -0.25) is 0 Å². The number of aromatic nitrogens is 2. The fourth-order valence-electron chi connectivity index (χ4n) is 8.40. The van der Waals surface area contributed by atoms with Crippen molar-refractivity contribution in [3.8, 4) is 45.3 Å². The molecule has 1 spiro atoms. The molecule has 10 rings (SSSR count). The maximum absolute atomic E-state index is 6.68. The normalized spacial score (nSPS) is 19.8. The molecule has 3 nitrogen and oxygen atoms in total. The van der Waals surface area contributed by atoms with Gasteiger partial charge in [0, 0.05) is 39.5 Å². The molecule has 6 aromatic carbocycles. The van der Waals surface area contributed by atoms with E-state index >= 15 is 0 Å². The lowest BCUT2D eigenvalue weighted by Gasteiger charge is -2.43. The van der Waals surface area contributed by atoms with Gasteiger partial charge in [0.2, 0.25) is 0 Å². The fourth-order valence-corrected chi connectivity index (χ4v) is 8.40. The molecule has 7 aromatic rings. The first-order valence-electron chi connectivity index (χ1n) is 16.6. The Bertz CT molecular complexity index is 2460. The van der Waals surface area contributed by atoms with Crippen molar-refractivity contribution in [3.05, 3.63) is 192 Å². The zero-order valence-electron chi connectivity index (χ0n) is 26.1. The molecule has 226 valence electrons. The molecule has 1 aromatic heterocycles. The van der Waals surface area contributed by atoms with Crippen molar-refractivity contribution in [1.82, 2.24) is 9.97 Å². The van der Waals surface area contributed by atoms with E-state index in [4.69, 9.17) is 14.7 Å². The van der Waals surface area contributed by atoms with Gasteiger partial charge in [0.1, 0.15) is 11.5 Å². The van der Waals surface area contributed by atoms with E-state index in [0.717, 1.165) is 50.3 Å². The molecule has 2 heterocycles. The van der Waals surface area contributed by atoms with Gasteiger partial charge in [-0.25, -0.2) is 9.97 Å². The highest BCUT2D eigenvalue weighted by atomic mass is 16.5. The van der Waals surface area contributed by atoms with Gasteiger partial charge in [-0.2, -0.15) is 0 Å². The molecule has 1 aliphatic heterocycles. The van der Waals surface area contributed by atoms with Gasteiger partial charge in [0.25, 0.3) is 0 Å². The number of rotatable bonds is 3. The molecule has 0 amide bonds. The van der Waals surface area contributed by atoms with Crippen molar-refractivity contribution < 1.29 is 4.74 Å². The second-order valence-electron chi connectivity index (χ2n) is 12.9. The number of fused-ring (bicyclic) bond motifs is 10. The number of hydrogen-bond donors (Lipinski definition) is 0. The van der Waals surface area contributed by atoms with Crippen LogP contribution in [0.25, 0.3) is 44.7 Å². The summed E-state index contributed by atoms with van der Waals surface area (Å²) in [5.41, 5.74) is 11.0. The average molecular weight is 615 g/mol. The molecule has 0 radical (unpaired) electrons. The Balaban J connectivity index is 1.16. The molecule has 0 bridgehead atoms. The summed E-state index contributed by atoms with van der Waals surface area (Å²) in [6, 6.07) is 51.6. The second kappa shape index (κ2) is 10.5. The summed E-state index contributed by atoms with van der Waals surface area (Å²) in [5.74, 6) is 3.08. The van der Waals surface area contributed by atoms with Crippen LogP contribution in [-0.2, 0) is 5.41 Å². The summed E-state index contributed by atoms with van der Waals surface area (Å²) in [4.78, 5) is 10.2. The molecule has 3 heteroatoms. The summed E-state index contributed by atoms with van der Waals surface area (Å²) in [6.45, 7) is 0. The van der Waals surface area contributed by atoms with Crippen molar-refractivity contribution in [2.45, 2.75) is 11.3 Å². The van der Waals surface area contributed by atoms with Crippen molar-refractivity contribution in [1.29, 1.82) is 0 Å². The van der Waals surface area contributed by atoms with E-state index in [-0.39, 0.29) is 11.3 Å². The lowest BCUT2D eigenvalue weighted by atomic mass is 9.61. The van der Waals surface area contributed by atoms with Gasteiger partial charge >= 0.3 is 0 Å². The standard InChI is InChI=1S/C45H30N2O/c1-2-13-29(14-3-1)43-35-19-6-10-23-40(35)46-44(47-43)32-16-12-15-30(27-32)31-25-26-42-39(28-31)45(38-22-9-11-24-41(38)48-42)36-20-7-4-17-33(36)34-18-5-8-21-37(34)45/h1-28,33,36H. The van der Waals surface area contributed by atoms with Crippen LogP contribution >= 0.6 is 0 Å². The molecule has 3 aliphatic rings. The topological polar surface area (TPSA) is 35.0 Å². The first kappa shape index (κ1) is 27.1. The number of benzene rings is 6. The van der Waals surface area contributed by atoms with Crippen LogP contribution in [-0.4, -0.2) is 9.97 Å². The van der Waals surface area contributed by atoms with E-state index in [9.17, 15) is 0 Å². The predicted octanol–water partition coefficient (Wildman–Crippen LogP) is 10.9. The maximum Gasteiger partial charge on any atom is 0.160 e. The minimum atomic E-state index is -0.383. The first-order chi connectivity index (χ1) is 23.8. The fraction of sp³-hybridized carbons (Fsp3) is 0.0667. The Morgan fingerprint density at radius 3 is 2.15 bits per heavy atom. The Kier molecular flexibility index (Phi) is 5.91. The Morgan fingerprint density at radius 1 is 0.500 bits per heavy atom. The number of hydrogen-bond acceptors (Lipinski definition) is 3. The number of nitrogens with zero attached hydrogens (tertiary/aromatic N) is 2. The highest BCUT2D eigenvalue weighted by Gasteiger charge is 2.56. The molecule has 0 saturated heterocycles. The SMILES string of the molecule is C1=CC2c3ccccc3C3(c4ccccc4Oc4ccc(-c5cccc(-c6nc(-c7ccccc7)c7ccccc7n6)c5)cc43)C2C=C1. The summed E-state index contributed by atoms with van der Waals surface area (Å²) in [5, 5.41) is 1.05. The van der Waals surface area contributed by atoms with Gasteiger partial charge in [-0.15, -0.1) is 0 Å². The lowest BCUT2D eigenvalue weighted by Crippen LogP contribution is -2.37. The molecular formula is C45H30N2O. The Hall–Kier alpha value is -6.06. The third-order valence-electron chi connectivity index (χ3n) is 10.4. The van der Waals surface area contributed by atoms with Crippen molar-refractivity contribution in [2.24, 2.45) is 5.92 Å². The van der Waals surface area contributed by atoms with E-state index in [0.29, 0.717) is 11.7 Å². The van der Waals surface area contributed by atoms with E-state index in [1.165, 1.54) is 22.3 Å². The Morgan fingerprint density at radius 2 is 1.21 bits per heavy atom. The molecule has 0 fully saturated rings. The van der Waals surface area contributed by atoms with Crippen LogP contribution in [0.1, 0.15) is 28.2 Å². The molecule has 2 aliphatic carbocycles. The Labute approximate surface area is 279 Å². The molecule has 48 heavy (non-hydrogen) atoms. The average Bonchev–Trinajstić information content (AvgIpc) is 3.45. The van der Waals surface area contributed by atoms with Gasteiger partial charge in [-0.1, -0.05) is 140 Å². The smallest absolute Gasteiger partial charge is 0.160 e. The molecule has 3 atom stereocenters. The maximum atomic E-state index is 6.68. The first-order valence-corrected chi connectivity index (χ1v) is 16.6. The second-order valence-corrected chi connectivity index (χ2v) is 12.9. The number of ether oxygens (including phenoxy) is 1. The number of para-hydroxylation sites is 2. The minimum Gasteiger partial charge on any atom is -0.457 e. The van der Waals surface area contributed by atoms with Gasteiger partial charge in [0.05, 0.1) is 16.6 Å². The van der Waals surface area contributed by atoms with E-state index in [1.54, 1.807) is 0 Å². The van der Waals surface area contributed by atoms with Gasteiger partial charge in [-0.05, 0) is 52.6 Å². The quantitative estimate of drug-likeness (QED) is 0.199. The summed E-state index contributed by atoms with van der Waals surface area (Å²) in [7, 11) is 0. The van der Waals surface area contributed by atoms with Crippen LogP contribution < -0.4 is 4.74 Å². The highest BCUT2D eigenvalue weighted by molar-refractivity contribution is 5.93. The molecular weight excluding hydrogens is 585 g/mol. The molecule has 3 unspecified atom stereocenters. The van der Waals surface area contributed by atoms with Crippen LogP contribution in [0, 0.1) is 5.92 Å². The zero-order chi connectivity index (χ0) is 31.7. The van der Waals surface area contributed by atoms with E-state index in [2.05, 4.69) is 152 Å². The number of allylic oxidation sites excluding steroid dienone is 4. The van der Waals surface area contributed by atoms with Crippen LogP contribution in [0.2, 0.25) is 0 Å². The van der Waals surface area contributed by atoms with E-state index < -0.39 is 0 Å². The summed E-state index contributed by atoms with van der Waals surface area (Å²) >= 11 is 0.